The topological polar surface area (TPSA) is 71.7 Å². The molecule has 1 aromatic heterocycles. The first-order chi connectivity index (χ1) is 16.5. The molecule has 6 heteroatoms. The van der Waals surface area contributed by atoms with E-state index in [2.05, 4.69) is 0 Å². The zero-order valence-electron chi connectivity index (χ0n) is 19.1. The van der Waals surface area contributed by atoms with E-state index in [4.69, 9.17) is 4.74 Å². The molecule has 0 saturated carbocycles. The Morgan fingerprint density at radius 1 is 1.09 bits per heavy atom. The SMILES string of the molecule is CCCc1cc(O)c(Cn2cc(CC(O)COC(=O)c3ccccc3)c3ccccc32)c(F)c1. The molecule has 4 aromatic rings. The number of nitrogens with zero attached hydrogens (tertiary/aromatic N) is 1. The molecule has 1 atom stereocenters. The van der Waals surface area contributed by atoms with Crippen molar-refractivity contribution in [2.24, 2.45) is 0 Å². The molecule has 3 aromatic carbocycles. The molecular weight excluding hydrogens is 433 g/mol. The predicted molar refractivity (Wildman–Crippen MR) is 130 cm³/mol. The zero-order chi connectivity index (χ0) is 24.1. The number of halogens is 1. The summed E-state index contributed by atoms with van der Waals surface area (Å²) in [6, 6.07) is 19.4. The minimum absolute atomic E-state index is 0.0596. The first kappa shape index (κ1) is 23.5. The van der Waals surface area contributed by atoms with Crippen LogP contribution in [-0.4, -0.2) is 33.5 Å². The third kappa shape index (κ3) is 5.29. The van der Waals surface area contributed by atoms with Crippen LogP contribution in [0.1, 0.15) is 40.4 Å². The quantitative estimate of drug-likeness (QED) is 0.334. The molecule has 1 heterocycles. The molecular formula is C28H28FNO4. The molecule has 34 heavy (non-hydrogen) atoms. The lowest BCUT2D eigenvalue weighted by atomic mass is 10.1. The number of benzene rings is 3. The van der Waals surface area contributed by atoms with Gasteiger partial charge in [-0.25, -0.2) is 9.18 Å². The van der Waals surface area contributed by atoms with Gasteiger partial charge in [-0.1, -0.05) is 49.7 Å². The summed E-state index contributed by atoms with van der Waals surface area (Å²) in [4.78, 5) is 12.2. The normalized spacial score (nSPS) is 12.1. The van der Waals surface area contributed by atoms with Crippen molar-refractivity contribution < 1.29 is 24.1 Å². The molecule has 2 N–H and O–H groups in total. The number of aryl methyl sites for hydroxylation is 1. The Kier molecular flexibility index (Phi) is 7.28. The Hall–Kier alpha value is -3.64. The number of phenolic OH excluding ortho intramolecular Hbond substituents is 1. The molecule has 0 fully saturated rings. The van der Waals surface area contributed by atoms with Crippen molar-refractivity contribution >= 4 is 16.9 Å². The number of aliphatic hydroxyl groups excluding tert-OH is 1. The lowest BCUT2D eigenvalue weighted by Gasteiger charge is -2.11. The predicted octanol–water partition coefficient (Wildman–Crippen LogP) is 5.25. The maximum atomic E-state index is 14.8. The molecule has 0 aliphatic carbocycles. The van der Waals surface area contributed by atoms with E-state index in [9.17, 15) is 19.4 Å². The van der Waals surface area contributed by atoms with E-state index in [0.29, 0.717) is 12.0 Å². The summed E-state index contributed by atoms with van der Waals surface area (Å²) in [5, 5.41) is 21.9. The van der Waals surface area contributed by atoms with Crippen LogP contribution in [0.3, 0.4) is 0 Å². The maximum absolute atomic E-state index is 14.8. The fourth-order valence-corrected chi connectivity index (χ4v) is 4.20. The molecule has 0 amide bonds. The number of esters is 1. The summed E-state index contributed by atoms with van der Waals surface area (Å²) in [5.74, 6) is -0.981. The second kappa shape index (κ2) is 10.5. The first-order valence-corrected chi connectivity index (χ1v) is 11.4. The van der Waals surface area contributed by atoms with Crippen molar-refractivity contribution in [3.63, 3.8) is 0 Å². The second-order valence-electron chi connectivity index (χ2n) is 8.45. The molecule has 5 nitrogen and oxygen atoms in total. The standard InChI is InChI=1S/C28H28FNO4/c1-2-8-19-13-25(29)24(27(32)14-19)17-30-16-21(23-11-6-7-12-26(23)30)15-22(31)18-34-28(33)20-9-4-3-5-10-20/h3-7,9-14,16,22,31-32H,2,8,15,17-18H2,1H3. The lowest BCUT2D eigenvalue weighted by molar-refractivity contribution is 0.0259. The minimum atomic E-state index is -0.898. The van der Waals surface area contributed by atoms with Crippen LogP contribution in [0.25, 0.3) is 10.9 Å². The Labute approximate surface area is 198 Å². The smallest absolute Gasteiger partial charge is 0.338 e. The van der Waals surface area contributed by atoms with Crippen molar-refractivity contribution in [3.8, 4) is 5.75 Å². The van der Waals surface area contributed by atoms with Gasteiger partial charge in [0.05, 0.1) is 18.2 Å². The van der Waals surface area contributed by atoms with Gasteiger partial charge >= 0.3 is 5.97 Å². The molecule has 4 rings (SSSR count). The van der Waals surface area contributed by atoms with Crippen LogP contribution >= 0.6 is 0 Å². The average Bonchev–Trinajstić information content (AvgIpc) is 3.18. The Balaban J connectivity index is 1.51. The van der Waals surface area contributed by atoms with E-state index in [1.807, 2.05) is 48.0 Å². The Morgan fingerprint density at radius 2 is 1.82 bits per heavy atom. The number of ether oxygens (including phenoxy) is 1. The van der Waals surface area contributed by atoms with Crippen molar-refractivity contribution in [1.29, 1.82) is 0 Å². The van der Waals surface area contributed by atoms with Gasteiger partial charge in [0.25, 0.3) is 0 Å². The lowest BCUT2D eigenvalue weighted by Crippen LogP contribution is -2.20. The van der Waals surface area contributed by atoms with Crippen LogP contribution in [0.5, 0.6) is 5.75 Å². The summed E-state index contributed by atoms with van der Waals surface area (Å²) in [5.41, 5.74) is 3.14. The minimum Gasteiger partial charge on any atom is -0.507 e. The third-order valence-corrected chi connectivity index (χ3v) is 5.84. The zero-order valence-corrected chi connectivity index (χ0v) is 19.1. The first-order valence-electron chi connectivity index (χ1n) is 11.4. The van der Waals surface area contributed by atoms with Gasteiger partial charge in [-0.3, -0.25) is 0 Å². The van der Waals surface area contributed by atoms with Gasteiger partial charge in [0.15, 0.2) is 0 Å². The molecule has 0 spiro atoms. The van der Waals surface area contributed by atoms with E-state index in [0.717, 1.165) is 28.5 Å². The second-order valence-corrected chi connectivity index (χ2v) is 8.45. The van der Waals surface area contributed by atoms with Crippen LogP contribution in [0.2, 0.25) is 0 Å². The fourth-order valence-electron chi connectivity index (χ4n) is 4.20. The van der Waals surface area contributed by atoms with Crippen molar-refractivity contribution in [2.45, 2.75) is 38.8 Å². The number of fused-ring (bicyclic) bond motifs is 1. The number of aromatic hydroxyl groups is 1. The van der Waals surface area contributed by atoms with E-state index < -0.39 is 17.9 Å². The fraction of sp³-hybridized carbons (Fsp3) is 0.250. The number of carbonyl (C=O) groups is 1. The van der Waals surface area contributed by atoms with Gasteiger partial charge in [0, 0.05) is 29.1 Å². The number of phenols is 1. The van der Waals surface area contributed by atoms with E-state index in [-0.39, 0.29) is 30.9 Å². The number of carbonyl (C=O) groups excluding carboxylic acids is 1. The Bertz CT molecular complexity index is 1260. The molecule has 1 unspecified atom stereocenters. The molecule has 0 bridgehead atoms. The largest absolute Gasteiger partial charge is 0.507 e. The van der Waals surface area contributed by atoms with E-state index in [1.54, 1.807) is 30.3 Å². The number of para-hydroxylation sites is 1. The summed E-state index contributed by atoms with van der Waals surface area (Å²) in [6.45, 7) is 2.03. The summed E-state index contributed by atoms with van der Waals surface area (Å²) < 4.78 is 21.9. The van der Waals surface area contributed by atoms with Crippen LogP contribution < -0.4 is 0 Å². The van der Waals surface area contributed by atoms with E-state index >= 15 is 0 Å². The van der Waals surface area contributed by atoms with Gasteiger partial charge in [-0.15, -0.1) is 0 Å². The summed E-state index contributed by atoms with van der Waals surface area (Å²) in [7, 11) is 0. The van der Waals surface area contributed by atoms with Crippen LogP contribution in [0.15, 0.2) is 72.9 Å². The van der Waals surface area contributed by atoms with Crippen LogP contribution in [0.4, 0.5) is 4.39 Å². The number of hydrogen-bond donors (Lipinski definition) is 2. The molecule has 0 aliphatic rings. The number of aromatic nitrogens is 1. The van der Waals surface area contributed by atoms with Crippen LogP contribution in [-0.2, 0) is 24.1 Å². The third-order valence-electron chi connectivity index (χ3n) is 5.84. The van der Waals surface area contributed by atoms with Crippen LogP contribution in [0, 0.1) is 5.82 Å². The maximum Gasteiger partial charge on any atom is 0.338 e. The highest BCUT2D eigenvalue weighted by molar-refractivity contribution is 5.89. The van der Waals surface area contributed by atoms with Crippen molar-refractivity contribution in [3.05, 3.63) is 101 Å². The monoisotopic (exact) mass is 461 g/mol. The van der Waals surface area contributed by atoms with E-state index in [1.165, 1.54) is 6.07 Å². The van der Waals surface area contributed by atoms with Crippen molar-refractivity contribution in [2.75, 3.05) is 6.61 Å². The highest BCUT2D eigenvalue weighted by Gasteiger charge is 2.17. The molecule has 0 aliphatic heterocycles. The van der Waals surface area contributed by atoms with Gasteiger partial charge < -0.3 is 19.5 Å². The summed E-state index contributed by atoms with van der Waals surface area (Å²) >= 11 is 0. The molecule has 0 radical (unpaired) electrons. The van der Waals surface area contributed by atoms with Gasteiger partial charge in [-0.2, -0.15) is 0 Å². The highest BCUT2D eigenvalue weighted by Crippen LogP contribution is 2.28. The Morgan fingerprint density at radius 3 is 2.56 bits per heavy atom. The number of hydrogen-bond acceptors (Lipinski definition) is 4. The van der Waals surface area contributed by atoms with Crippen molar-refractivity contribution in [1.82, 2.24) is 4.57 Å². The molecule has 176 valence electrons. The van der Waals surface area contributed by atoms with Gasteiger partial charge in [0.2, 0.25) is 0 Å². The van der Waals surface area contributed by atoms with Gasteiger partial charge in [-0.05, 0) is 47.9 Å². The average molecular weight is 462 g/mol. The molecule has 0 saturated heterocycles. The summed E-state index contributed by atoms with van der Waals surface area (Å²) in [6.07, 6.45) is 2.79. The van der Waals surface area contributed by atoms with Gasteiger partial charge in [0.1, 0.15) is 18.2 Å². The number of rotatable bonds is 9. The number of aliphatic hydroxyl groups is 1. The highest BCUT2D eigenvalue weighted by atomic mass is 19.1.